The van der Waals surface area contributed by atoms with E-state index < -0.39 is 0 Å². The predicted octanol–water partition coefficient (Wildman–Crippen LogP) is 15.3. The Morgan fingerprint density at radius 3 is 1.21 bits per heavy atom. The van der Waals surface area contributed by atoms with Crippen molar-refractivity contribution >= 4 is 107 Å². The van der Waals surface area contributed by atoms with Gasteiger partial charge in [-0.15, -0.1) is 22.7 Å². The van der Waals surface area contributed by atoms with Crippen LogP contribution in [0.2, 0.25) is 0 Å². The Morgan fingerprint density at radius 1 is 0.328 bits per heavy atom. The molecule has 0 aliphatic rings. The molecular formula is C53H31N3S2. The molecule has 13 aromatic rings. The van der Waals surface area contributed by atoms with E-state index in [2.05, 4.69) is 185 Å². The normalized spacial score (nSPS) is 12.1. The summed E-state index contributed by atoms with van der Waals surface area (Å²) in [6, 6.07) is 64.5. The molecule has 0 spiro atoms. The van der Waals surface area contributed by atoms with Crippen molar-refractivity contribution in [3.8, 4) is 33.6 Å². The summed E-state index contributed by atoms with van der Waals surface area (Å²) < 4.78 is 10.2. The summed E-state index contributed by atoms with van der Waals surface area (Å²) in [4.78, 5) is 4.73. The second-order valence-corrected chi connectivity index (χ2v) is 17.2. The summed E-state index contributed by atoms with van der Waals surface area (Å²) in [5, 5.41) is 10.5. The second kappa shape index (κ2) is 12.2. The van der Waals surface area contributed by atoms with Crippen LogP contribution in [0, 0.1) is 0 Å². The Kier molecular flexibility index (Phi) is 6.76. The zero-order valence-corrected chi connectivity index (χ0v) is 32.7. The fraction of sp³-hybridized carbons (Fsp3) is 0. The molecule has 13 rings (SSSR count). The molecule has 8 aromatic carbocycles. The summed E-state index contributed by atoms with van der Waals surface area (Å²) in [6.45, 7) is 0. The van der Waals surface area contributed by atoms with Crippen molar-refractivity contribution in [2.45, 2.75) is 0 Å². The van der Waals surface area contributed by atoms with Gasteiger partial charge in [0.1, 0.15) is 0 Å². The predicted molar refractivity (Wildman–Crippen MR) is 250 cm³/mol. The number of thiophene rings is 2. The van der Waals surface area contributed by atoms with Crippen LogP contribution >= 0.6 is 22.7 Å². The Bertz CT molecular complexity index is 3540. The van der Waals surface area contributed by atoms with E-state index in [1.54, 1.807) is 0 Å². The standard InChI is InChI=1S/C53H31N3S2/c1-5-13-44-42(11-1)50-46(27-25-40-38-9-3-7-15-48(38)57-52(40)50)55(44)36-21-17-32(18-22-36)34-29-35(31-54-30-34)33-19-23-37(24-20-33)56-45-14-6-2-12-43(45)51-47(56)28-26-41-39-10-4-8-16-49(39)58-53(41)51/h1-31H. The van der Waals surface area contributed by atoms with E-state index in [1.165, 1.54) is 84.0 Å². The minimum Gasteiger partial charge on any atom is -0.309 e. The van der Waals surface area contributed by atoms with Crippen molar-refractivity contribution in [1.82, 2.24) is 14.1 Å². The molecule has 0 amide bonds. The molecule has 0 fully saturated rings. The Hall–Kier alpha value is -7.05. The van der Waals surface area contributed by atoms with Crippen molar-refractivity contribution in [2.24, 2.45) is 0 Å². The van der Waals surface area contributed by atoms with Gasteiger partial charge in [-0.3, -0.25) is 4.98 Å². The first-order valence-corrected chi connectivity index (χ1v) is 21.2. The van der Waals surface area contributed by atoms with Crippen LogP contribution < -0.4 is 0 Å². The Labute approximate surface area is 340 Å². The highest BCUT2D eigenvalue weighted by Gasteiger charge is 2.19. The smallest absolute Gasteiger partial charge is 0.0555 e. The Morgan fingerprint density at radius 2 is 0.741 bits per heavy atom. The van der Waals surface area contributed by atoms with Crippen LogP contribution in [0.15, 0.2) is 188 Å². The first kappa shape index (κ1) is 32.1. The molecule has 0 unspecified atom stereocenters. The van der Waals surface area contributed by atoms with E-state index in [1.807, 2.05) is 35.1 Å². The van der Waals surface area contributed by atoms with Gasteiger partial charge in [0.2, 0.25) is 0 Å². The zero-order chi connectivity index (χ0) is 37.9. The summed E-state index contributed by atoms with van der Waals surface area (Å²) in [5.41, 5.74) is 11.7. The third-order valence-corrected chi connectivity index (χ3v) is 14.4. The number of hydrogen-bond donors (Lipinski definition) is 0. The first-order chi connectivity index (χ1) is 28.8. The fourth-order valence-electron chi connectivity index (χ4n) is 9.39. The van der Waals surface area contributed by atoms with Crippen LogP contribution in [0.4, 0.5) is 0 Å². The molecule has 0 bridgehead atoms. The second-order valence-electron chi connectivity index (χ2n) is 15.1. The maximum absolute atomic E-state index is 4.73. The Balaban J connectivity index is 0.866. The van der Waals surface area contributed by atoms with Gasteiger partial charge in [-0.05, 0) is 77.9 Å². The van der Waals surface area contributed by atoms with E-state index in [-0.39, 0.29) is 0 Å². The summed E-state index contributed by atoms with van der Waals surface area (Å²) in [7, 11) is 0. The van der Waals surface area contributed by atoms with Crippen molar-refractivity contribution in [1.29, 1.82) is 0 Å². The number of aromatic nitrogens is 3. The first-order valence-electron chi connectivity index (χ1n) is 19.6. The molecule has 0 atom stereocenters. The number of fused-ring (bicyclic) bond motifs is 14. The molecule has 0 radical (unpaired) electrons. The van der Waals surface area contributed by atoms with Crippen molar-refractivity contribution in [2.75, 3.05) is 0 Å². The molecule has 3 nitrogen and oxygen atoms in total. The van der Waals surface area contributed by atoms with Crippen LogP contribution in [-0.2, 0) is 0 Å². The third kappa shape index (κ3) is 4.57. The van der Waals surface area contributed by atoms with Crippen LogP contribution in [0.3, 0.4) is 0 Å². The van der Waals surface area contributed by atoms with Gasteiger partial charge in [-0.2, -0.15) is 0 Å². The monoisotopic (exact) mass is 773 g/mol. The number of rotatable bonds is 4. The van der Waals surface area contributed by atoms with E-state index in [4.69, 9.17) is 4.98 Å². The molecule has 0 N–H and O–H groups in total. The number of nitrogens with zero attached hydrogens (tertiary/aromatic N) is 3. The van der Waals surface area contributed by atoms with E-state index in [0.29, 0.717) is 0 Å². The lowest BCUT2D eigenvalue weighted by molar-refractivity contribution is 1.18. The quantitative estimate of drug-likeness (QED) is 0.175. The van der Waals surface area contributed by atoms with E-state index >= 15 is 0 Å². The third-order valence-electron chi connectivity index (χ3n) is 12.0. The number of benzene rings is 8. The van der Waals surface area contributed by atoms with Crippen LogP contribution in [0.25, 0.3) is 118 Å². The molecule has 0 aliphatic heterocycles. The molecular weight excluding hydrogens is 743 g/mol. The molecule has 5 aromatic heterocycles. The highest BCUT2D eigenvalue weighted by atomic mass is 32.1. The molecule has 270 valence electrons. The van der Waals surface area contributed by atoms with Crippen molar-refractivity contribution in [3.63, 3.8) is 0 Å². The topological polar surface area (TPSA) is 22.8 Å². The highest BCUT2D eigenvalue weighted by Crippen LogP contribution is 2.45. The van der Waals surface area contributed by atoms with Crippen LogP contribution in [0.1, 0.15) is 0 Å². The minimum atomic E-state index is 1.09. The van der Waals surface area contributed by atoms with Gasteiger partial charge >= 0.3 is 0 Å². The summed E-state index contributed by atoms with van der Waals surface area (Å²) >= 11 is 3.79. The maximum atomic E-state index is 4.73. The SMILES string of the molecule is c1ccc2c(c1)sc1c2ccc2c1c1ccccc1n2-c1ccc(-c2cncc(-c3ccc(-n4c5ccccc5c5c6sc7ccccc7c6ccc54)cc3)c2)cc1. The molecule has 5 heterocycles. The molecule has 58 heavy (non-hydrogen) atoms. The van der Waals surface area contributed by atoms with Gasteiger partial charge in [0.15, 0.2) is 0 Å². The maximum Gasteiger partial charge on any atom is 0.0555 e. The number of para-hydroxylation sites is 2. The minimum absolute atomic E-state index is 1.09. The lowest BCUT2D eigenvalue weighted by atomic mass is 10.0. The molecule has 0 saturated heterocycles. The number of pyridine rings is 1. The fourth-order valence-corrected chi connectivity index (χ4v) is 11.9. The van der Waals surface area contributed by atoms with Gasteiger partial charge in [-0.25, -0.2) is 0 Å². The van der Waals surface area contributed by atoms with Crippen molar-refractivity contribution in [3.05, 3.63) is 188 Å². The zero-order valence-electron chi connectivity index (χ0n) is 31.1. The van der Waals surface area contributed by atoms with Crippen molar-refractivity contribution < 1.29 is 0 Å². The average Bonchev–Trinajstić information content (AvgIpc) is 4.04. The summed E-state index contributed by atoms with van der Waals surface area (Å²) in [5.74, 6) is 0. The number of hydrogen-bond acceptors (Lipinski definition) is 3. The van der Waals surface area contributed by atoms with Gasteiger partial charge in [0.05, 0.1) is 22.1 Å². The van der Waals surface area contributed by atoms with E-state index in [9.17, 15) is 0 Å². The van der Waals surface area contributed by atoms with Crippen LogP contribution in [0.5, 0.6) is 0 Å². The molecule has 0 aliphatic carbocycles. The molecule has 5 heteroatoms. The van der Waals surface area contributed by atoms with Gasteiger partial charge in [-0.1, -0.05) is 109 Å². The van der Waals surface area contributed by atoms with Gasteiger partial charge in [0, 0.05) is 96.8 Å². The lowest BCUT2D eigenvalue weighted by Crippen LogP contribution is -1.94. The lowest BCUT2D eigenvalue weighted by Gasteiger charge is -2.11. The molecule has 0 saturated carbocycles. The van der Waals surface area contributed by atoms with Gasteiger partial charge in [0.25, 0.3) is 0 Å². The van der Waals surface area contributed by atoms with E-state index in [0.717, 1.165) is 33.6 Å². The largest absolute Gasteiger partial charge is 0.309 e. The average molecular weight is 774 g/mol. The van der Waals surface area contributed by atoms with Crippen LogP contribution in [-0.4, -0.2) is 14.1 Å². The van der Waals surface area contributed by atoms with Gasteiger partial charge < -0.3 is 9.13 Å². The summed E-state index contributed by atoms with van der Waals surface area (Å²) in [6.07, 6.45) is 3.94. The highest BCUT2D eigenvalue weighted by molar-refractivity contribution is 7.27.